The van der Waals surface area contributed by atoms with E-state index in [1.54, 1.807) is 0 Å². The Labute approximate surface area is 190 Å². The highest BCUT2D eigenvalue weighted by Crippen LogP contribution is 2.21. The van der Waals surface area contributed by atoms with Gasteiger partial charge in [0.25, 0.3) is 0 Å². The van der Waals surface area contributed by atoms with Crippen LogP contribution in [0.25, 0.3) is 10.9 Å². The number of H-pyrrole nitrogens is 1. The number of aromatic amines is 1. The van der Waals surface area contributed by atoms with Crippen molar-refractivity contribution < 1.29 is 0 Å². The van der Waals surface area contributed by atoms with Crippen LogP contribution >= 0.6 is 0 Å². The Balaban J connectivity index is 1.26. The average Bonchev–Trinajstić information content (AvgIpc) is 3.21. The van der Waals surface area contributed by atoms with Gasteiger partial charge in [0.15, 0.2) is 0 Å². The second-order valence-electron chi connectivity index (χ2n) is 8.25. The minimum Gasteiger partial charge on any atom is -0.385 e. The zero-order chi connectivity index (χ0) is 22.2. The van der Waals surface area contributed by atoms with Crippen LogP contribution < -0.4 is 16.0 Å². The quantitative estimate of drug-likeness (QED) is 0.263. The molecule has 0 saturated heterocycles. The first kappa shape index (κ1) is 21.9. The van der Waals surface area contributed by atoms with Gasteiger partial charge in [-0.3, -0.25) is 4.98 Å². The number of likely N-dealkylation sites (N-methyl/N-ethyl adjacent to an activating group) is 1. The zero-order valence-corrected chi connectivity index (χ0v) is 18.9. The Morgan fingerprint density at radius 3 is 2.56 bits per heavy atom. The van der Waals surface area contributed by atoms with E-state index < -0.39 is 0 Å². The number of nitrogens with zero attached hydrogens (tertiary/aromatic N) is 2. The van der Waals surface area contributed by atoms with Crippen LogP contribution in [0.1, 0.15) is 11.3 Å². The number of aromatic nitrogens is 2. The summed E-state index contributed by atoms with van der Waals surface area (Å²) in [5.74, 6) is 0. The summed E-state index contributed by atoms with van der Waals surface area (Å²) >= 11 is 0. The van der Waals surface area contributed by atoms with Crippen LogP contribution in [0.15, 0.2) is 73.1 Å². The number of nitrogens with one attached hydrogen (secondary N) is 4. The minimum absolute atomic E-state index is 0.767. The molecule has 0 radical (unpaired) electrons. The van der Waals surface area contributed by atoms with Gasteiger partial charge < -0.3 is 25.8 Å². The van der Waals surface area contributed by atoms with Crippen molar-refractivity contribution in [3.63, 3.8) is 0 Å². The van der Waals surface area contributed by atoms with E-state index in [0.717, 1.165) is 55.4 Å². The van der Waals surface area contributed by atoms with Crippen molar-refractivity contribution in [3.05, 3.63) is 84.3 Å². The number of fused-ring (bicyclic) bond motifs is 1. The molecule has 2 heterocycles. The molecule has 0 aliphatic rings. The molecule has 0 saturated carbocycles. The second kappa shape index (κ2) is 10.8. The summed E-state index contributed by atoms with van der Waals surface area (Å²) < 4.78 is 0. The monoisotopic (exact) mass is 428 g/mol. The highest BCUT2D eigenvalue weighted by Gasteiger charge is 2.03. The molecular weight excluding hydrogens is 396 g/mol. The van der Waals surface area contributed by atoms with Crippen LogP contribution in [0.2, 0.25) is 0 Å². The lowest BCUT2D eigenvalue weighted by Crippen LogP contribution is -2.26. The van der Waals surface area contributed by atoms with E-state index in [-0.39, 0.29) is 0 Å². The predicted molar refractivity (Wildman–Crippen MR) is 135 cm³/mol. The summed E-state index contributed by atoms with van der Waals surface area (Å²) in [6.07, 6.45) is 4.94. The first-order valence-electron chi connectivity index (χ1n) is 11.1. The maximum atomic E-state index is 4.46. The van der Waals surface area contributed by atoms with E-state index in [1.807, 2.05) is 12.3 Å². The Morgan fingerprint density at radius 1 is 0.906 bits per heavy atom. The van der Waals surface area contributed by atoms with Gasteiger partial charge in [-0.15, -0.1) is 0 Å². The smallest absolute Gasteiger partial charge is 0.0562 e. The van der Waals surface area contributed by atoms with E-state index in [9.17, 15) is 0 Å². The summed E-state index contributed by atoms with van der Waals surface area (Å²) in [5.41, 5.74) is 6.80. The third-order valence-electron chi connectivity index (χ3n) is 5.43. The van der Waals surface area contributed by atoms with Crippen LogP contribution in [0, 0.1) is 0 Å². The van der Waals surface area contributed by atoms with Crippen molar-refractivity contribution >= 4 is 28.0 Å². The summed E-state index contributed by atoms with van der Waals surface area (Å²) in [6.45, 7) is 3.62. The van der Waals surface area contributed by atoms with E-state index in [2.05, 4.69) is 106 Å². The topological polar surface area (TPSA) is 68.0 Å². The molecule has 0 unspecified atom stereocenters. The molecule has 6 nitrogen and oxygen atoms in total. The third-order valence-corrected chi connectivity index (χ3v) is 5.43. The lowest BCUT2D eigenvalue weighted by atomic mass is 10.1. The molecule has 6 heteroatoms. The number of anilines is 3. The molecule has 0 amide bonds. The highest BCUT2D eigenvalue weighted by molar-refractivity contribution is 5.83. The zero-order valence-electron chi connectivity index (χ0n) is 18.9. The summed E-state index contributed by atoms with van der Waals surface area (Å²) in [4.78, 5) is 9.97. The molecule has 0 spiro atoms. The lowest BCUT2D eigenvalue weighted by molar-refractivity contribution is 0.399. The largest absolute Gasteiger partial charge is 0.385 e. The minimum atomic E-state index is 0.767. The fourth-order valence-electron chi connectivity index (χ4n) is 3.69. The normalized spacial score (nSPS) is 11.2. The van der Waals surface area contributed by atoms with E-state index >= 15 is 0 Å². The average molecular weight is 429 g/mol. The molecule has 2 aromatic heterocycles. The number of hydrogen-bond acceptors (Lipinski definition) is 5. The Hall–Kier alpha value is -3.35. The summed E-state index contributed by atoms with van der Waals surface area (Å²) in [5, 5.41) is 11.7. The molecule has 0 atom stereocenters. The molecule has 166 valence electrons. The van der Waals surface area contributed by atoms with Gasteiger partial charge in [-0.1, -0.05) is 18.2 Å². The van der Waals surface area contributed by atoms with Crippen molar-refractivity contribution in [2.24, 2.45) is 0 Å². The molecule has 4 aromatic rings. The highest BCUT2D eigenvalue weighted by atomic mass is 15.1. The Kier molecular flexibility index (Phi) is 7.38. The van der Waals surface area contributed by atoms with Crippen LogP contribution in [-0.2, 0) is 13.0 Å². The van der Waals surface area contributed by atoms with Gasteiger partial charge in [0, 0.05) is 66.5 Å². The second-order valence-corrected chi connectivity index (χ2v) is 8.25. The Bertz CT molecular complexity index is 1120. The van der Waals surface area contributed by atoms with Crippen molar-refractivity contribution in [1.29, 1.82) is 0 Å². The van der Waals surface area contributed by atoms with Crippen LogP contribution in [0.3, 0.4) is 0 Å². The molecule has 0 bridgehead atoms. The van der Waals surface area contributed by atoms with Gasteiger partial charge in [-0.05, 0) is 68.5 Å². The van der Waals surface area contributed by atoms with E-state index in [0.29, 0.717) is 0 Å². The number of para-hydroxylation sites is 1. The van der Waals surface area contributed by atoms with Crippen LogP contribution in [0.4, 0.5) is 17.1 Å². The molecule has 0 fully saturated rings. The standard InChI is InChI=1S/C26H32N6/c1-32(2)16-15-27-19-24-17-23(12-14-29-24)31-22-9-7-21(8-10-22)28-13-11-20-18-30-26-6-4-3-5-25(20)26/h3-10,12,14,17-18,27-28,30H,11,13,15-16,19H2,1-2H3,(H,29,31). The van der Waals surface area contributed by atoms with E-state index in [4.69, 9.17) is 0 Å². The van der Waals surface area contributed by atoms with Gasteiger partial charge in [0.05, 0.1) is 5.69 Å². The summed E-state index contributed by atoms with van der Waals surface area (Å²) in [6, 6.07) is 21.0. The lowest BCUT2D eigenvalue weighted by Gasteiger charge is -2.12. The maximum Gasteiger partial charge on any atom is 0.0562 e. The SMILES string of the molecule is CN(C)CCNCc1cc(Nc2ccc(NCCc3c[nH]c4ccccc34)cc2)ccn1. The molecule has 2 aromatic carbocycles. The number of hydrogen-bond donors (Lipinski definition) is 4. The van der Waals surface area contributed by atoms with Gasteiger partial charge >= 0.3 is 0 Å². The third kappa shape index (κ3) is 6.09. The number of pyridine rings is 1. The molecule has 0 aliphatic carbocycles. The number of benzene rings is 2. The van der Waals surface area contributed by atoms with Crippen molar-refractivity contribution in [2.45, 2.75) is 13.0 Å². The fraction of sp³-hybridized carbons (Fsp3) is 0.269. The van der Waals surface area contributed by atoms with Gasteiger partial charge in [0.1, 0.15) is 0 Å². The van der Waals surface area contributed by atoms with Gasteiger partial charge in [0.2, 0.25) is 0 Å². The molecule has 4 N–H and O–H groups in total. The predicted octanol–water partition coefficient (Wildman–Crippen LogP) is 4.61. The molecular formula is C26H32N6. The van der Waals surface area contributed by atoms with Crippen molar-refractivity contribution in [2.75, 3.05) is 44.4 Å². The van der Waals surface area contributed by atoms with Crippen molar-refractivity contribution in [3.8, 4) is 0 Å². The fourth-order valence-corrected chi connectivity index (χ4v) is 3.69. The Morgan fingerprint density at radius 2 is 1.72 bits per heavy atom. The van der Waals surface area contributed by atoms with Gasteiger partial charge in [-0.25, -0.2) is 0 Å². The van der Waals surface area contributed by atoms with Crippen LogP contribution in [0.5, 0.6) is 0 Å². The maximum absolute atomic E-state index is 4.46. The van der Waals surface area contributed by atoms with Crippen molar-refractivity contribution in [1.82, 2.24) is 20.2 Å². The van der Waals surface area contributed by atoms with Gasteiger partial charge in [-0.2, -0.15) is 0 Å². The first-order chi connectivity index (χ1) is 15.7. The summed E-state index contributed by atoms with van der Waals surface area (Å²) in [7, 11) is 4.16. The van der Waals surface area contributed by atoms with E-state index in [1.165, 1.54) is 16.5 Å². The first-order valence-corrected chi connectivity index (χ1v) is 11.1. The number of rotatable bonds is 11. The molecule has 4 rings (SSSR count). The van der Waals surface area contributed by atoms with Crippen LogP contribution in [-0.4, -0.2) is 48.6 Å². The molecule has 32 heavy (non-hydrogen) atoms. The molecule has 0 aliphatic heterocycles.